The van der Waals surface area contributed by atoms with E-state index < -0.39 is 93.8 Å². The van der Waals surface area contributed by atoms with Crippen molar-refractivity contribution in [1.82, 2.24) is 9.62 Å². The topological polar surface area (TPSA) is 242 Å². The van der Waals surface area contributed by atoms with Gasteiger partial charge in [-0.1, -0.05) is 76.6 Å². The van der Waals surface area contributed by atoms with Crippen molar-refractivity contribution in [2.45, 2.75) is 180 Å². The summed E-state index contributed by atoms with van der Waals surface area (Å²) in [6, 6.07) is -2.06. The summed E-state index contributed by atoms with van der Waals surface area (Å²) in [5, 5.41) is 34.1. The van der Waals surface area contributed by atoms with Crippen molar-refractivity contribution in [3.05, 3.63) is 47.6 Å². The fourth-order valence-corrected chi connectivity index (χ4v) is 11.7. The molecule has 0 aromatic carbocycles. The summed E-state index contributed by atoms with van der Waals surface area (Å²) < 4.78 is 57.8. The number of carbonyl (C=O) groups is 5. The Morgan fingerprint density at radius 1 is 0.887 bits per heavy atom. The van der Waals surface area contributed by atoms with Gasteiger partial charge in [-0.05, 0) is 108 Å². The zero-order valence-corrected chi connectivity index (χ0v) is 44.6. The van der Waals surface area contributed by atoms with Crippen LogP contribution in [0, 0.1) is 35.5 Å². The number of rotatable bonds is 10. The molecule has 2 bridgehead atoms. The summed E-state index contributed by atoms with van der Waals surface area (Å²) in [5.41, 5.74) is 0.954. The van der Waals surface area contributed by atoms with Crippen molar-refractivity contribution in [3.63, 3.8) is 0 Å². The number of methoxy groups -OCH3 is 3. The van der Waals surface area contributed by atoms with Gasteiger partial charge in [0, 0.05) is 58.1 Å². The second-order valence-corrected chi connectivity index (χ2v) is 22.7. The number of nitrogens with zero attached hydrogens (tertiary/aromatic N) is 1. The lowest BCUT2D eigenvalue weighted by atomic mass is 9.78. The summed E-state index contributed by atoms with van der Waals surface area (Å²) in [4.78, 5) is 72.3. The largest absolute Gasteiger partial charge is 0.460 e. The normalized spacial score (nSPS) is 38.2. The van der Waals surface area contributed by atoms with Gasteiger partial charge in [0.25, 0.3) is 11.7 Å². The summed E-state index contributed by atoms with van der Waals surface area (Å²) in [7, 11) is 0.410. The van der Waals surface area contributed by atoms with Gasteiger partial charge in [-0.3, -0.25) is 19.2 Å². The van der Waals surface area contributed by atoms with Crippen molar-refractivity contribution in [3.8, 4) is 0 Å². The van der Waals surface area contributed by atoms with Crippen molar-refractivity contribution in [2.24, 2.45) is 35.5 Å². The third-order valence-electron chi connectivity index (χ3n) is 15.1. The number of esters is 1. The summed E-state index contributed by atoms with van der Waals surface area (Å²) in [5.74, 6) is -9.18. The van der Waals surface area contributed by atoms with Gasteiger partial charge in [0.15, 0.2) is 5.78 Å². The molecule has 4 N–H and O–H groups in total. The van der Waals surface area contributed by atoms with Crippen LogP contribution < -0.4 is 4.72 Å². The van der Waals surface area contributed by atoms with Crippen LogP contribution in [0.15, 0.2) is 47.6 Å². The quantitative estimate of drug-likeness (QED) is 0.126. The van der Waals surface area contributed by atoms with Gasteiger partial charge in [0.05, 0.1) is 30.7 Å². The predicted molar refractivity (Wildman–Crippen MR) is 267 cm³/mol. The van der Waals surface area contributed by atoms with Crippen LogP contribution in [-0.2, 0) is 57.7 Å². The molecule has 1 aliphatic carbocycles. The third kappa shape index (κ3) is 16.8. The molecule has 1 saturated carbocycles. The molecule has 4 aliphatic rings. The van der Waals surface area contributed by atoms with Gasteiger partial charge in [-0.25, -0.2) is 17.9 Å². The Labute approximate surface area is 422 Å². The molecule has 2 saturated heterocycles. The van der Waals surface area contributed by atoms with Crippen LogP contribution in [0.25, 0.3) is 0 Å². The molecule has 71 heavy (non-hydrogen) atoms. The SMILES string of the molecule is COCCS(=O)(=O)NC1C[C@@H]2CC[C@@H](C)[C@@](O)(O2)C(=O)C(=O)N2CCCC[C@H]2C(=O)O[C@H]([C@H](C)C[C@@H]2CC[C@@H](O)[C@H](OC)C2)CC(=O)[C@H](C)/C=C(\C)[C@@H](O)[C@@H](OC)C(=O)[C@H](C)C[C@H](C)/C=C/C=C/C=C/1C. The van der Waals surface area contributed by atoms with E-state index in [0.29, 0.717) is 62.5 Å². The number of fused-ring (bicyclic) bond motifs is 3. The Morgan fingerprint density at radius 2 is 1.61 bits per heavy atom. The molecule has 1 unspecified atom stereocenters. The van der Waals surface area contributed by atoms with Gasteiger partial charge < -0.3 is 43.9 Å². The number of Topliss-reactive ketones (excluding diaryl/α,β-unsaturated/α-hetero) is 3. The molecule has 0 radical (unpaired) electrons. The van der Waals surface area contributed by atoms with Crippen molar-refractivity contribution in [1.29, 1.82) is 0 Å². The van der Waals surface area contributed by atoms with Crippen molar-refractivity contribution in [2.75, 3.05) is 40.2 Å². The molecule has 17 nitrogen and oxygen atoms in total. The number of ether oxygens (including phenoxy) is 5. The van der Waals surface area contributed by atoms with E-state index in [9.17, 15) is 47.7 Å². The molecule has 15 atom stereocenters. The van der Waals surface area contributed by atoms with Gasteiger partial charge in [0.2, 0.25) is 15.8 Å². The molecule has 3 fully saturated rings. The Morgan fingerprint density at radius 3 is 2.28 bits per heavy atom. The molecule has 1 amide bonds. The van der Waals surface area contributed by atoms with E-state index in [1.165, 1.54) is 14.2 Å². The molecule has 0 aromatic heterocycles. The average molecular weight is 1020 g/mol. The van der Waals surface area contributed by atoms with Crippen LogP contribution in [0.1, 0.15) is 126 Å². The van der Waals surface area contributed by atoms with Crippen LogP contribution in [0.2, 0.25) is 0 Å². The fraction of sp³-hybridized carbons (Fsp3) is 0.755. The maximum atomic E-state index is 14.5. The molecular formula is C53H84N2O15S. The number of piperidine rings is 1. The lowest BCUT2D eigenvalue weighted by Gasteiger charge is -2.43. The first kappa shape index (κ1) is 60.1. The Bertz CT molecular complexity index is 2050. The highest BCUT2D eigenvalue weighted by Crippen LogP contribution is 2.38. The van der Waals surface area contributed by atoms with E-state index in [2.05, 4.69) is 4.72 Å². The Kier molecular flexibility index (Phi) is 23.5. The highest BCUT2D eigenvalue weighted by Gasteiger charge is 2.53. The number of hydrogen-bond acceptors (Lipinski definition) is 15. The number of ketones is 3. The lowest BCUT2D eigenvalue weighted by Crippen LogP contribution is -2.61. The number of aliphatic hydroxyl groups is 3. The molecule has 4 rings (SSSR count). The maximum absolute atomic E-state index is 14.5. The predicted octanol–water partition coefficient (Wildman–Crippen LogP) is 5.10. The first-order chi connectivity index (χ1) is 33.5. The molecule has 3 aliphatic heterocycles. The maximum Gasteiger partial charge on any atom is 0.329 e. The minimum Gasteiger partial charge on any atom is -0.460 e. The molecule has 18 heteroatoms. The van der Waals surface area contributed by atoms with E-state index >= 15 is 0 Å². The zero-order valence-electron chi connectivity index (χ0n) is 43.7. The Balaban J connectivity index is 1.75. The van der Waals surface area contributed by atoms with E-state index in [1.807, 2.05) is 26.0 Å². The lowest BCUT2D eigenvalue weighted by molar-refractivity contribution is -0.264. The van der Waals surface area contributed by atoms with Crippen molar-refractivity contribution >= 4 is 39.2 Å². The van der Waals surface area contributed by atoms with Crippen LogP contribution in [0.5, 0.6) is 0 Å². The van der Waals surface area contributed by atoms with Crippen LogP contribution in [0.3, 0.4) is 0 Å². The van der Waals surface area contributed by atoms with E-state index in [4.69, 9.17) is 23.7 Å². The van der Waals surface area contributed by atoms with Gasteiger partial charge in [-0.2, -0.15) is 0 Å². The number of allylic oxidation sites excluding steroid dienone is 6. The minimum atomic E-state index is -3.89. The first-order valence-electron chi connectivity index (χ1n) is 25.6. The number of carbonyl (C=O) groups excluding carboxylic acids is 5. The van der Waals surface area contributed by atoms with Crippen LogP contribution in [0.4, 0.5) is 0 Å². The minimum absolute atomic E-state index is 0.00697. The molecule has 402 valence electrons. The van der Waals surface area contributed by atoms with Crippen LogP contribution >= 0.6 is 0 Å². The monoisotopic (exact) mass is 1020 g/mol. The smallest absolute Gasteiger partial charge is 0.329 e. The number of cyclic esters (lactones) is 1. The molecule has 3 heterocycles. The van der Waals surface area contributed by atoms with Gasteiger partial charge >= 0.3 is 5.97 Å². The summed E-state index contributed by atoms with van der Waals surface area (Å²) in [6.07, 6.45) is 9.50. The number of amides is 1. The number of nitrogens with one attached hydrogen (secondary N) is 1. The van der Waals surface area contributed by atoms with Crippen LogP contribution in [-0.4, -0.2) is 153 Å². The third-order valence-corrected chi connectivity index (χ3v) is 16.5. The first-order valence-corrected chi connectivity index (χ1v) is 27.2. The summed E-state index contributed by atoms with van der Waals surface area (Å²) >= 11 is 0. The highest BCUT2D eigenvalue weighted by atomic mass is 32.2. The Hall–Kier alpha value is -3.46. The average Bonchev–Trinajstić information content (AvgIpc) is 3.33. The fourth-order valence-electron chi connectivity index (χ4n) is 10.5. The van der Waals surface area contributed by atoms with Gasteiger partial charge in [0.1, 0.15) is 30.1 Å². The van der Waals surface area contributed by atoms with E-state index in [0.717, 1.165) is 4.90 Å². The number of sulfonamides is 1. The van der Waals surface area contributed by atoms with Crippen molar-refractivity contribution < 1.29 is 71.4 Å². The van der Waals surface area contributed by atoms with E-state index in [1.54, 1.807) is 66.0 Å². The molecule has 0 spiro atoms. The number of hydrogen-bond donors (Lipinski definition) is 4. The summed E-state index contributed by atoms with van der Waals surface area (Å²) in [6.45, 7) is 12.2. The van der Waals surface area contributed by atoms with Gasteiger partial charge in [-0.15, -0.1) is 0 Å². The molecular weight excluding hydrogens is 937 g/mol. The second-order valence-electron chi connectivity index (χ2n) is 20.8. The standard InChI is InChI=1S/C53H84N2O15S/c1-32-16-12-11-13-17-33(2)41(54-71(64,65)25-24-66-8)30-40-21-19-38(7)53(63,70-40)50(60)51(61)55-23-15-14-18-42(55)52(62)69-45(35(4)28-39-20-22-43(56)46(29-39)67-9)31-44(57)34(3)27-37(6)48(59)49(68-10)47(58)36(5)26-32/h11-13,16-17,27,32,34-36,38-43,45-46,48-49,54,56,59,63H,14-15,18-26,28-31H2,1-10H3/b13-11+,16-12+,33-17+,37-27+/t32-,34-,35-,36-,38-,39+,40+,41?,42+,43-,45+,46-,48-,49+,53-/m1/s1. The zero-order chi connectivity index (χ0) is 52.8. The second kappa shape index (κ2) is 27.7. The highest BCUT2D eigenvalue weighted by molar-refractivity contribution is 7.89. The van der Waals surface area contributed by atoms with E-state index in [-0.39, 0.29) is 80.0 Å². The molecule has 0 aromatic rings. The number of aliphatic hydroxyl groups excluding tert-OH is 2.